The molecule has 6 nitrogen and oxygen atoms in total. The van der Waals surface area contributed by atoms with Crippen LogP contribution in [0.1, 0.15) is 0 Å². The molecule has 5 N–H and O–H groups in total. The van der Waals surface area contributed by atoms with Crippen molar-refractivity contribution in [3.05, 3.63) is 0 Å². The Morgan fingerprint density at radius 2 is 2.09 bits per heavy atom. The van der Waals surface area contributed by atoms with Crippen LogP contribution in [0.25, 0.3) is 0 Å². The fourth-order valence-corrected chi connectivity index (χ4v) is 0.463. The van der Waals surface area contributed by atoms with Crippen LogP contribution in [0.15, 0.2) is 0 Å². The summed E-state index contributed by atoms with van der Waals surface area (Å²) in [6.45, 7) is 0.236. The van der Waals surface area contributed by atoms with E-state index in [0.717, 1.165) is 0 Å². The fraction of sp³-hybridized carbons (Fsp3) is 0.600. The van der Waals surface area contributed by atoms with E-state index in [0.29, 0.717) is 6.54 Å². The summed E-state index contributed by atoms with van der Waals surface area (Å²) in [6.07, 6.45) is 0. The maximum Gasteiger partial charge on any atom is 0.318 e. The van der Waals surface area contributed by atoms with E-state index < -0.39 is 11.9 Å². The number of aliphatic hydroxyl groups is 1. The first-order chi connectivity index (χ1) is 5.16. The van der Waals surface area contributed by atoms with E-state index >= 15 is 0 Å². The van der Waals surface area contributed by atoms with E-state index in [1.54, 1.807) is 0 Å². The van der Waals surface area contributed by atoms with Gasteiger partial charge in [0.2, 0.25) is 5.91 Å². The molecule has 0 fully saturated rings. The van der Waals surface area contributed by atoms with Gasteiger partial charge in [-0.1, -0.05) is 0 Å². The smallest absolute Gasteiger partial charge is 0.318 e. The molecule has 0 rings (SSSR count). The lowest BCUT2D eigenvalue weighted by atomic mass is 10.5. The summed E-state index contributed by atoms with van der Waals surface area (Å²) in [4.78, 5) is 20.6. The first kappa shape index (κ1) is 9.86. The van der Waals surface area contributed by atoms with Crippen molar-refractivity contribution < 1.29 is 14.7 Å². The van der Waals surface area contributed by atoms with Gasteiger partial charge >= 0.3 is 6.03 Å². The molecule has 0 spiro atoms. The maximum absolute atomic E-state index is 10.6. The monoisotopic (exact) mass is 161 g/mol. The second-order valence-electron chi connectivity index (χ2n) is 1.81. The van der Waals surface area contributed by atoms with Gasteiger partial charge in [0.1, 0.15) is 0 Å². The van der Waals surface area contributed by atoms with E-state index in [1.807, 2.05) is 5.32 Å². The van der Waals surface area contributed by atoms with Crippen molar-refractivity contribution in [3.63, 3.8) is 0 Å². The number of nitrogens with one attached hydrogen (secondary N) is 2. The summed E-state index contributed by atoms with van der Waals surface area (Å²) >= 11 is 0. The Morgan fingerprint density at radius 3 is 2.55 bits per heavy atom. The topological polar surface area (TPSA) is 104 Å². The first-order valence-electron chi connectivity index (χ1n) is 3.07. The van der Waals surface area contributed by atoms with Crippen molar-refractivity contribution in [1.29, 1.82) is 0 Å². The molecule has 64 valence electrons. The first-order valence-corrected chi connectivity index (χ1v) is 3.07. The lowest BCUT2D eigenvalue weighted by Crippen LogP contribution is -2.41. The van der Waals surface area contributed by atoms with Crippen molar-refractivity contribution in [2.24, 2.45) is 5.73 Å². The molecular weight excluding hydrogens is 150 g/mol. The minimum absolute atomic E-state index is 0.0243. The van der Waals surface area contributed by atoms with Crippen LogP contribution in [-0.4, -0.2) is 36.7 Å². The molecule has 0 bridgehead atoms. The number of rotatable bonds is 4. The predicted molar refractivity (Wildman–Crippen MR) is 37.7 cm³/mol. The zero-order valence-corrected chi connectivity index (χ0v) is 5.96. The Labute approximate surface area is 63.8 Å². The molecule has 3 amide bonds. The average molecular weight is 161 g/mol. The molecule has 0 saturated heterocycles. The van der Waals surface area contributed by atoms with E-state index in [4.69, 9.17) is 5.11 Å². The number of hydrogen-bond acceptors (Lipinski definition) is 4. The largest absolute Gasteiger partial charge is 0.395 e. The van der Waals surface area contributed by atoms with Crippen molar-refractivity contribution >= 4 is 11.9 Å². The van der Waals surface area contributed by atoms with Crippen LogP contribution >= 0.6 is 0 Å². The number of nitrogens with two attached hydrogens (primary N) is 1. The van der Waals surface area contributed by atoms with Gasteiger partial charge in [-0.2, -0.15) is 0 Å². The zero-order valence-electron chi connectivity index (χ0n) is 5.96. The minimum Gasteiger partial charge on any atom is -0.395 e. The molecule has 11 heavy (non-hydrogen) atoms. The van der Waals surface area contributed by atoms with E-state index in [-0.39, 0.29) is 13.2 Å². The Hall–Kier alpha value is -1.14. The molecule has 0 aliphatic rings. The third-order valence-electron chi connectivity index (χ3n) is 0.837. The van der Waals surface area contributed by atoms with Crippen molar-refractivity contribution in [2.75, 3.05) is 19.7 Å². The molecule has 0 aromatic heterocycles. The van der Waals surface area contributed by atoms with Crippen molar-refractivity contribution in [1.82, 2.24) is 10.6 Å². The van der Waals surface area contributed by atoms with Crippen LogP contribution in [0.4, 0.5) is 4.79 Å². The summed E-state index contributed by atoms with van der Waals surface area (Å²) in [5.74, 6) is -0.508. The standard InChI is InChI=1S/C5H11N3O3/c6-5(11)8-4(10)3-7-1-2-9/h7,9H,1-3H2,(H3,6,8,10,11). The van der Waals surface area contributed by atoms with Gasteiger partial charge in [-0.05, 0) is 0 Å². The number of amides is 3. The highest BCUT2D eigenvalue weighted by molar-refractivity contribution is 5.94. The molecule has 0 aliphatic heterocycles. The summed E-state index contributed by atoms with van der Waals surface area (Å²) in [6, 6.07) is -0.874. The molecule has 0 saturated carbocycles. The number of hydrogen-bond donors (Lipinski definition) is 4. The maximum atomic E-state index is 10.6. The molecular formula is C5H11N3O3. The number of urea groups is 1. The third-order valence-corrected chi connectivity index (χ3v) is 0.837. The number of imide groups is 1. The molecule has 6 heteroatoms. The zero-order chi connectivity index (χ0) is 8.69. The summed E-state index contributed by atoms with van der Waals surface area (Å²) < 4.78 is 0. The van der Waals surface area contributed by atoms with Gasteiger partial charge in [0.25, 0.3) is 0 Å². The summed E-state index contributed by atoms with van der Waals surface area (Å²) in [5.41, 5.74) is 4.65. The van der Waals surface area contributed by atoms with Crippen LogP contribution in [0.3, 0.4) is 0 Å². The number of carbonyl (C=O) groups is 2. The summed E-state index contributed by atoms with van der Waals surface area (Å²) in [7, 11) is 0. The summed E-state index contributed by atoms with van der Waals surface area (Å²) in [5, 5.41) is 12.7. The molecule has 0 aromatic carbocycles. The van der Waals surface area contributed by atoms with E-state index in [1.165, 1.54) is 0 Å². The quantitative estimate of drug-likeness (QED) is 0.350. The number of carbonyl (C=O) groups excluding carboxylic acids is 2. The Morgan fingerprint density at radius 1 is 1.45 bits per heavy atom. The van der Waals surface area contributed by atoms with Crippen LogP contribution in [0, 0.1) is 0 Å². The average Bonchev–Trinajstić information content (AvgIpc) is 1.86. The molecule has 0 unspecified atom stereocenters. The highest BCUT2D eigenvalue weighted by Crippen LogP contribution is 1.63. The van der Waals surface area contributed by atoms with Crippen LogP contribution in [0.2, 0.25) is 0 Å². The van der Waals surface area contributed by atoms with Crippen LogP contribution in [-0.2, 0) is 4.79 Å². The number of primary amides is 1. The van der Waals surface area contributed by atoms with Crippen molar-refractivity contribution in [3.8, 4) is 0 Å². The number of aliphatic hydroxyl groups excluding tert-OH is 1. The predicted octanol–water partition coefficient (Wildman–Crippen LogP) is -2.24. The van der Waals surface area contributed by atoms with Gasteiger partial charge in [0.15, 0.2) is 0 Å². The minimum atomic E-state index is -0.874. The third kappa shape index (κ3) is 6.75. The normalized spacial score (nSPS) is 9.18. The molecule has 0 radical (unpaired) electrons. The van der Waals surface area contributed by atoms with Crippen LogP contribution < -0.4 is 16.4 Å². The highest BCUT2D eigenvalue weighted by atomic mass is 16.3. The lowest BCUT2D eigenvalue weighted by Gasteiger charge is -2.00. The van der Waals surface area contributed by atoms with Crippen molar-refractivity contribution in [2.45, 2.75) is 0 Å². The highest BCUT2D eigenvalue weighted by Gasteiger charge is 2.01. The molecule has 0 heterocycles. The van der Waals surface area contributed by atoms with E-state index in [9.17, 15) is 9.59 Å². The molecule has 0 aromatic rings. The fourth-order valence-electron chi connectivity index (χ4n) is 0.463. The lowest BCUT2D eigenvalue weighted by molar-refractivity contribution is -0.119. The Balaban J connectivity index is 3.30. The van der Waals surface area contributed by atoms with E-state index in [2.05, 4.69) is 11.1 Å². The molecule has 0 atom stereocenters. The second-order valence-corrected chi connectivity index (χ2v) is 1.81. The SMILES string of the molecule is NC(=O)NC(=O)CNCCO. The Kier molecular flexibility index (Phi) is 5.05. The second kappa shape index (κ2) is 5.63. The van der Waals surface area contributed by atoms with Gasteiger partial charge in [-0.15, -0.1) is 0 Å². The van der Waals surface area contributed by atoms with Crippen LogP contribution in [0.5, 0.6) is 0 Å². The van der Waals surface area contributed by atoms with Gasteiger partial charge < -0.3 is 16.2 Å². The molecule has 0 aliphatic carbocycles. The van der Waals surface area contributed by atoms with Gasteiger partial charge in [0, 0.05) is 6.54 Å². The van der Waals surface area contributed by atoms with Gasteiger partial charge in [-0.25, -0.2) is 4.79 Å². The van der Waals surface area contributed by atoms with Gasteiger partial charge in [-0.3, -0.25) is 10.1 Å². The van der Waals surface area contributed by atoms with Gasteiger partial charge in [0.05, 0.1) is 13.2 Å². The Bertz CT molecular complexity index is 148.